The number of β-amino-alcohol motifs (C(OH)–C–C–N with tert-alkyl or cyclic N) is 1. The van der Waals surface area contributed by atoms with Crippen molar-refractivity contribution in [2.24, 2.45) is 5.41 Å². The summed E-state index contributed by atoms with van der Waals surface area (Å²) in [6.07, 6.45) is 7.90. The number of aliphatic hydroxyl groups excluding tert-OH is 1. The number of sulfonamides is 1. The van der Waals surface area contributed by atoms with Crippen LogP contribution in [0.2, 0.25) is 0 Å². The first-order valence-electron chi connectivity index (χ1n) is 12.7. The van der Waals surface area contributed by atoms with E-state index in [0.717, 1.165) is 23.4 Å². The number of rotatable bonds is 5. The molecular weight excluding hydrogens is 493 g/mol. The van der Waals surface area contributed by atoms with Crippen LogP contribution in [0.4, 0.5) is 10.2 Å². The van der Waals surface area contributed by atoms with Crippen molar-refractivity contribution in [3.63, 3.8) is 0 Å². The highest BCUT2D eigenvalue weighted by Gasteiger charge is 2.45. The summed E-state index contributed by atoms with van der Waals surface area (Å²) in [5, 5.41) is 14.4. The lowest BCUT2D eigenvalue weighted by molar-refractivity contribution is 0.198. The second kappa shape index (κ2) is 9.04. The van der Waals surface area contributed by atoms with Crippen molar-refractivity contribution in [2.45, 2.75) is 43.6 Å². The Kier molecular flexibility index (Phi) is 5.93. The minimum Gasteiger partial charge on any atom is -0.391 e. The van der Waals surface area contributed by atoms with Gasteiger partial charge in [-0.15, -0.1) is 0 Å². The fraction of sp³-hybridized carbons (Fsp3) is 0.407. The third-order valence-corrected chi connectivity index (χ3v) is 9.94. The summed E-state index contributed by atoms with van der Waals surface area (Å²) in [4.78, 5) is 6.56. The van der Waals surface area contributed by atoms with Crippen molar-refractivity contribution < 1.29 is 17.9 Å². The van der Waals surface area contributed by atoms with E-state index in [1.807, 2.05) is 15.8 Å². The van der Waals surface area contributed by atoms with Crippen LogP contribution in [0.25, 0.3) is 11.8 Å². The summed E-state index contributed by atoms with van der Waals surface area (Å²) in [7, 11) is -3.71. The number of hydrogen-bond acceptors (Lipinski definition) is 6. The van der Waals surface area contributed by atoms with Gasteiger partial charge in [0.15, 0.2) is 0 Å². The van der Waals surface area contributed by atoms with Crippen LogP contribution in [0.15, 0.2) is 59.3 Å². The number of nitrogens with zero attached hydrogens (tertiary/aromatic N) is 5. The summed E-state index contributed by atoms with van der Waals surface area (Å²) in [5.41, 5.74) is 3.78. The van der Waals surface area contributed by atoms with Crippen LogP contribution in [0, 0.1) is 11.2 Å². The van der Waals surface area contributed by atoms with Gasteiger partial charge in [-0.25, -0.2) is 22.5 Å². The lowest BCUT2D eigenvalue weighted by atomic mass is 9.67. The molecule has 6 rings (SSSR count). The molecule has 1 aromatic carbocycles. The zero-order valence-corrected chi connectivity index (χ0v) is 21.5. The molecule has 2 saturated heterocycles. The van der Waals surface area contributed by atoms with Gasteiger partial charge in [0, 0.05) is 37.8 Å². The average Bonchev–Trinajstić information content (AvgIpc) is 3.53. The summed E-state index contributed by atoms with van der Waals surface area (Å²) in [5.74, 6) is 0.392. The van der Waals surface area contributed by atoms with Gasteiger partial charge >= 0.3 is 0 Å². The maximum Gasteiger partial charge on any atom is 0.244 e. The van der Waals surface area contributed by atoms with E-state index >= 15 is 0 Å². The van der Waals surface area contributed by atoms with Crippen LogP contribution in [0.1, 0.15) is 37.4 Å². The Morgan fingerprint density at radius 2 is 1.95 bits per heavy atom. The SMILES string of the molecule is CC[C@]12Cc3cnn(-c4ccc(F)cc4)c3C=C1CCN(S(=O)(=O)c1ccc(N3CC[C@H](O)C3)nc1)C2. The molecular formula is C27H30FN5O3S. The molecule has 3 aliphatic rings. The lowest BCUT2D eigenvalue weighted by Crippen LogP contribution is -2.49. The van der Waals surface area contributed by atoms with Crippen molar-refractivity contribution in [1.29, 1.82) is 0 Å². The zero-order valence-electron chi connectivity index (χ0n) is 20.7. The van der Waals surface area contributed by atoms with Gasteiger partial charge in [-0.2, -0.15) is 9.40 Å². The summed E-state index contributed by atoms with van der Waals surface area (Å²) in [6, 6.07) is 9.63. The highest BCUT2D eigenvalue weighted by molar-refractivity contribution is 7.89. The predicted octanol–water partition coefficient (Wildman–Crippen LogP) is 3.41. The Balaban J connectivity index is 1.26. The predicted molar refractivity (Wildman–Crippen MR) is 138 cm³/mol. The molecule has 3 aromatic rings. The maximum atomic E-state index is 13.6. The Morgan fingerprint density at radius 1 is 1.14 bits per heavy atom. The van der Waals surface area contributed by atoms with Gasteiger partial charge < -0.3 is 10.0 Å². The topological polar surface area (TPSA) is 91.6 Å². The highest BCUT2D eigenvalue weighted by atomic mass is 32.2. The van der Waals surface area contributed by atoms with Gasteiger partial charge in [-0.3, -0.25) is 0 Å². The first-order valence-corrected chi connectivity index (χ1v) is 14.2. The molecule has 1 N–H and O–H groups in total. The smallest absolute Gasteiger partial charge is 0.244 e. The Labute approximate surface area is 216 Å². The molecule has 37 heavy (non-hydrogen) atoms. The van der Waals surface area contributed by atoms with Gasteiger partial charge in [0.2, 0.25) is 10.0 Å². The Hall–Kier alpha value is -3.08. The third-order valence-electron chi connectivity index (χ3n) is 8.11. The van der Waals surface area contributed by atoms with E-state index in [2.05, 4.69) is 23.1 Å². The second-order valence-corrected chi connectivity index (χ2v) is 12.2. The number of pyridine rings is 1. The first-order chi connectivity index (χ1) is 17.8. The molecule has 0 radical (unpaired) electrons. The summed E-state index contributed by atoms with van der Waals surface area (Å²) in [6.45, 7) is 4.13. The molecule has 4 heterocycles. The van der Waals surface area contributed by atoms with Gasteiger partial charge in [0.05, 0.1) is 23.7 Å². The molecule has 2 aromatic heterocycles. The minimum atomic E-state index is -3.71. The highest BCUT2D eigenvalue weighted by Crippen LogP contribution is 2.47. The van der Waals surface area contributed by atoms with E-state index in [9.17, 15) is 17.9 Å². The molecule has 10 heteroatoms. The molecule has 0 unspecified atom stereocenters. The number of hydrogen-bond donors (Lipinski definition) is 1. The van der Waals surface area contributed by atoms with Crippen molar-refractivity contribution in [1.82, 2.24) is 19.1 Å². The largest absolute Gasteiger partial charge is 0.391 e. The van der Waals surface area contributed by atoms with E-state index in [0.29, 0.717) is 51.3 Å². The molecule has 1 aliphatic carbocycles. The van der Waals surface area contributed by atoms with Crippen LogP contribution >= 0.6 is 0 Å². The lowest BCUT2D eigenvalue weighted by Gasteiger charge is -2.45. The van der Waals surface area contributed by atoms with E-state index < -0.39 is 10.0 Å². The van der Waals surface area contributed by atoms with Crippen LogP contribution in [0.3, 0.4) is 0 Å². The summed E-state index contributed by atoms with van der Waals surface area (Å²) >= 11 is 0. The number of fused-ring (bicyclic) bond motifs is 2. The first kappa shape index (κ1) is 24.3. The molecule has 2 atom stereocenters. The van der Waals surface area contributed by atoms with Gasteiger partial charge in [-0.1, -0.05) is 12.5 Å². The molecule has 0 spiro atoms. The molecule has 0 amide bonds. The number of aliphatic hydroxyl groups is 1. The Morgan fingerprint density at radius 3 is 2.62 bits per heavy atom. The fourth-order valence-corrected chi connectivity index (χ4v) is 7.38. The van der Waals surface area contributed by atoms with E-state index in [4.69, 9.17) is 0 Å². The van der Waals surface area contributed by atoms with Gasteiger partial charge in [0.1, 0.15) is 16.5 Å². The fourth-order valence-electron chi connectivity index (χ4n) is 5.90. The molecule has 194 valence electrons. The van der Waals surface area contributed by atoms with Gasteiger partial charge in [-0.05, 0) is 73.7 Å². The normalized spacial score (nSPS) is 24.0. The van der Waals surface area contributed by atoms with Crippen molar-refractivity contribution >= 4 is 21.9 Å². The zero-order chi connectivity index (χ0) is 25.8. The van der Waals surface area contributed by atoms with E-state index in [1.54, 1.807) is 28.6 Å². The van der Waals surface area contributed by atoms with Crippen LogP contribution in [-0.4, -0.2) is 64.9 Å². The van der Waals surface area contributed by atoms with Crippen molar-refractivity contribution in [3.8, 4) is 5.69 Å². The standard InChI is InChI=1S/C27H30FN5O3S/c1-2-27-14-19-15-30-33(22-5-3-21(28)4-6-22)25(19)13-20(27)9-12-32(18-27)37(35,36)24-7-8-26(29-16-24)31-11-10-23(34)17-31/h3-8,13,15-16,23,34H,2,9-12,14,17-18H2,1H3/t23-,27+/m0/s1. The quantitative estimate of drug-likeness (QED) is 0.551. The number of halogens is 1. The number of aromatic nitrogens is 3. The third kappa shape index (κ3) is 4.17. The molecule has 0 saturated carbocycles. The second-order valence-electron chi connectivity index (χ2n) is 10.3. The average molecular weight is 524 g/mol. The maximum absolute atomic E-state index is 13.6. The molecule has 2 fully saturated rings. The van der Waals surface area contributed by atoms with Crippen LogP contribution < -0.4 is 4.90 Å². The van der Waals surface area contributed by atoms with E-state index in [-0.39, 0.29) is 22.2 Å². The van der Waals surface area contributed by atoms with Crippen LogP contribution in [0.5, 0.6) is 0 Å². The number of anilines is 1. The van der Waals surface area contributed by atoms with Crippen molar-refractivity contribution in [2.75, 3.05) is 31.1 Å². The molecule has 2 aliphatic heterocycles. The number of piperidine rings is 1. The monoisotopic (exact) mass is 523 g/mol. The molecule has 0 bridgehead atoms. The number of benzene rings is 1. The summed E-state index contributed by atoms with van der Waals surface area (Å²) < 4.78 is 44.1. The Bertz CT molecular complexity index is 1450. The molecule has 8 nitrogen and oxygen atoms in total. The van der Waals surface area contributed by atoms with E-state index in [1.165, 1.54) is 23.9 Å². The van der Waals surface area contributed by atoms with Crippen molar-refractivity contribution in [3.05, 3.63) is 71.4 Å². The minimum absolute atomic E-state index is 0.190. The van der Waals surface area contributed by atoms with Crippen LogP contribution in [-0.2, 0) is 16.4 Å². The van der Waals surface area contributed by atoms with Gasteiger partial charge in [0.25, 0.3) is 0 Å².